The van der Waals surface area contributed by atoms with Gasteiger partial charge in [-0.05, 0) is 39.3 Å². The smallest absolute Gasteiger partial charge is 0.410 e. The summed E-state index contributed by atoms with van der Waals surface area (Å²) in [7, 11) is 0. The topological polar surface area (TPSA) is 45.7 Å². The maximum Gasteiger partial charge on any atom is 0.410 e. The summed E-state index contributed by atoms with van der Waals surface area (Å²) in [6.45, 7) is 7.21. The zero-order valence-corrected chi connectivity index (χ0v) is 13.3. The monoisotopic (exact) mass is 309 g/mol. The summed E-state index contributed by atoms with van der Waals surface area (Å²) < 4.78 is 5.47. The number of likely N-dealkylation sites (tertiary alicyclic amines) is 1. The number of rotatable bonds is 1. The Balaban J connectivity index is 1.68. The van der Waals surface area contributed by atoms with Gasteiger partial charge in [0, 0.05) is 31.0 Å². The van der Waals surface area contributed by atoms with Gasteiger partial charge in [-0.15, -0.1) is 0 Å². The Morgan fingerprint density at radius 1 is 1.38 bits per heavy atom. The minimum absolute atomic E-state index is 0.206. The highest BCUT2D eigenvalue weighted by atomic mass is 35.5. The number of pyridine rings is 1. The Morgan fingerprint density at radius 2 is 2.14 bits per heavy atom. The largest absolute Gasteiger partial charge is 0.444 e. The standard InChI is InChI=1S/C15H20ClN3O2/c1-15(2,3)21-14(20)19-9-11-6-12(19)8-18(11)10-4-5-17-13(16)7-10/h4-5,7,11-12H,6,8-9H2,1-3H3/t11-,12-/m0/s1. The highest BCUT2D eigenvalue weighted by Gasteiger charge is 2.46. The molecule has 0 radical (unpaired) electrons. The van der Waals surface area contributed by atoms with E-state index in [4.69, 9.17) is 16.3 Å². The molecule has 2 aliphatic heterocycles. The van der Waals surface area contributed by atoms with Crippen LogP contribution in [0.5, 0.6) is 0 Å². The number of anilines is 1. The average molecular weight is 310 g/mol. The summed E-state index contributed by atoms with van der Waals surface area (Å²) in [6, 6.07) is 4.39. The second-order valence-electron chi connectivity index (χ2n) is 6.67. The van der Waals surface area contributed by atoms with Crippen LogP contribution in [-0.4, -0.2) is 46.8 Å². The molecule has 2 fully saturated rings. The molecule has 0 aliphatic carbocycles. The molecule has 1 amide bonds. The molecule has 6 heteroatoms. The predicted molar refractivity (Wildman–Crippen MR) is 81.7 cm³/mol. The van der Waals surface area contributed by atoms with E-state index >= 15 is 0 Å². The van der Waals surface area contributed by atoms with Crippen molar-refractivity contribution in [1.82, 2.24) is 9.88 Å². The molecule has 3 rings (SSSR count). The molecule has 0 unspecified atom stereocenters. The van der Waals surface area contributed by atoms with Gasteiger partial charge in [-0.3, -0.25) is 0 Å². The Bertz CT molecular complexity index is 558. The molecule has 114 valence electrons. The zero-order valence-electron chi connectivity index (χ0n) is 12.5. The third kappa shape index (κ3) is 2.93. The number of carbonyl (C=O) groups excluding carboxylic acids is 1. The molecule has 2 bridgehead atoms. The maximum absolute atomic E-state index is 12.2. The number of hydrogen-bond acceptors (Lipinski definition) is 4. The highest BCUT2D eigenvalue weighted by Crippen LogP contribution is 2.35. The fourth-order valence-corrected chi connectivity index (χ4v) is 3.27. The molecular formula is C15H20ClN3O2. The summed E-state index contributed by atoms with van der Waals surface area (Å²) in [5, 5.41) is 0.499. The minimum atomic E-state index is -0.447. The lowest BCUT2D eigenvalue weighted by molar-refractivity contribution is 0.0215. The average Bonchev–Trinajstić information content (AvgIpc) is 2.96. The van der Waals surface area contributed by atoms with Gasteiger partial charge in [0.25, 0.3) is 0 Å². The Hall–Kier alpha value is -1.49. The number of piperazine rings is 1. The van der Waals surface area contributed by atoms with Crippen molar-refractivity contribution in [2.45, 2.75) is 44.9 Å². The van der Waals surface area contributed by atoms with Crippen LogP contribution in [0.1, 0.15) is 27.2 Å². The molecule has 2 saturated heterocycles. The number of halogens is 1. The van der Waals surface area contributed by atoms with E-state index in [1.54, 1.807) is 6.20 Å². The second-order valence-corrected chi connectivity index (χ2v) is 7.05. The molecule has 21 heavy (non-hydrogen) atoms. The van der Waals surface area contributed by atoms with Gasteiger partial charge in [0.15, 0.2) is 0 Å². The number of aromatic nitrogens is 1. The number of amides is 1. The quantitative estimate of drug-likeness (QED) is 0.748. The van der Waals surface area contributed by atoms with Crippen LogP contribution >= 0.6 is 11.6 Å². The van der Waals surface area contributed by atoms with Gasteiger partial charge in [0.1, 0.15) is 10.8 Å². The summed E-state index contributed by atoms with van der Waals surface area (Å²) >= 11 is 5.95. The predicted octanol–water partition coefficient (Wildman–Crippen LogP) is 2.93. The molecule has 1 aromatic rings. The number of ether oxygens (including phenoxy) is 1. The van der Waals surface area contributed by atoms with Crippen LogP contribution in [0.4, 0.5) is 10.5 Å². The van der Waals surface area contributed by atoms with Crippen molar-refractivity contribution in [1.29, 1.82) is 0 Å². The van der Waals surface area contributed by atoms with Crippen LogP contribution in [0.2, 0.25) is 5.15 Å². The molecule has 0 spiro atoms. The van der Waals surface area contributed by atoms with E-state index in [0.29, 0.717) is 17.7 Å². The van der Waals surface area contributed by atoms with Crippen LogP contribution < -0.4 is 4.90 Å². The second kappa shape index (κ2) is 5.05. The number of fused-ring (bicyclic) bond motifs is 2. The molecule has 5 nitrogen and oxygen atoms in total. The van der Waals surface area contributed by atoms with Gasteiger partial charge in [-0.2, -0.15) is 0 Å². The van der Waals surface area contributed by atoms with Crippen LogP contribution in [0.15, 0.2) is 18.3 Å². The molecule has 2 atom stereocenters. The van der Waals surface area contributed by atoms with Crippen molar-refractivity contribution in [2.24, 2.45) is 0 Å². The lowest BCUT2D eigenvalue weighted by atomic mass is 10.2. The summed E-state index contributed by atoms with van der Waals surface area (Å²) in [4.78, 5) is 20.4. The molecule has 1 aromatic heterocycles. The molecule has 2 aliphatic rings. The number of nitrogens with zero attached hydrogens (tertiary/aromatic N) is 3. The Morgan fingerprint density at radius 3 is 2.71 bits per heavy atom. The van der Waals surface area contributed by atoms with Crippen molar-refractivity contribution in [3.63, 3.8) is 0 Å². The minimum Gasteiger partial charge on any atom is -0.444 e. The van der Waals surface area contributed by atoms with E-state index in [-0.39, 0.29) is 12.1 Å². The van der Waals surface area contributed by atoms with Crippen molar-refractivity contribution in [3.8, 4) is 0 Å². The van der Waals surface area contributed by atoms with E-state index in [1.807, 2.05) is 37.8 Å². The fraction of sp³-hybridized carbons (Fsp3) is 0.600. The van der Waals surface area contributed by atoms with Crippen LogP contribution in [0.3, 0.4) is 0 Å². The van der Waals surface area contributed by atoms with Gasteiger partial charge in [0.2, 0.25) is 0 Å². The van der Waals surface area contributed by atoms with Gasteiger partial charge >= 0.3 is 6.09 Å². The lowest BCUT2D eigenvalue weighted by Gasteiger charge is -2.36. The molecule has 3 heterocycles. The first-order valence-corrected chi connectivity index (χ1v) is 7.59. The molecular weight excluding hydrogens is 290 g/mol. The van der Waals surface area contributed by atoms with E-state index < -0.39 is 5.60 Å². The van der Waals surface area contributed by atoms with E-state index in [0.717, 1.165) is 18.7 Å². The van der Waals surface area contributed by atoms with Crippen LogP contribution in [0.25, 0.3) is 0 Å². The van der Waals surface area contributed by atoms with Crippen LogP contribution in [-0.2, 0) is 4.74 Å². The van der Waals surface area contributed by atoms with E-state index in [1.165, 1.54) is 0 Å². The third-order valence-electron chi connectivity index (χ3n) is 3.91. The third-order valence-corrected chi connectivity index (χ3v) is 4.12. The van der Waals surface area contributed by atoms with Crippen molar-refractivity contribution in [3.05, 3.63) is 23.5 Å². The Kier molecular flexibility index (Phi) is 3.48. The first-order chi connectivity index (χ1) is 9.83. The van der Waals surface area contributed by atoms with E-state index in [9.17, 15) is 4.79 Å². The van der Waals surface area contributed by atoms with Crippen LogP contribution in [0, 0.1) is 0 Å². The van der Waals surface area contributed by atoms with Crippen molar-refractivity contribution < 1.29 is 9.53 Å². The number of carbonyl (C=O) groups is 1. The van der Waals surface area contributed by atoms with Gasteiger partial charge in [-0.1, -0.05) is 11.6 Å². The molecule has 0 aromatic carbocycles. The first kappa shape index (κ1) is 14.4. The summed E-state index contributed by atoms with van der Waals surface area (Å²) in [5.74, 6) is 0. The normalized spacial score (nSPS) is 24.6. The maximum atomic E-state index is 12.2. The lowest BCUT2D eigenvalue weighted by Crippen LogP contribution is -2.50. The van der Waals surface area contributed by atoms with E-state index in [2.05, 4.69) is 9.88 Å². The van der Waals surface area contributed by atoms with Gasteiger partial charge in [-0.25, -0.2) is 9.78 Å². The Labute approximate surface area is 129 Å². The summed E-state index contributed by atoms with van der Waals surface area (Å²) in [6.07, 6.45) is 2.50. The van der Waals surface area contributed by atoms with Crippen molar-refractivity contribution in [2.75, 3.05) is 18.0 Å². The molecule has 0 N–H and O–H groups in total. The molecule has 0 saturated carbocycles. The highest BCUT2D eigenvalue weighted by molar-refractivity contribution is 6.29. The van der Waals surface area contributed by atoms with Gasteiger partial charge < -0.3 is 14.5 Å². The van der Waals surface area contributed by atoms with Gasteiger partial charge in [0.05, 0.1) is 6.04 Å². The first-order valence-electron chi connectivity index (χ1n) is 7.21. The summed E-state index contributed by atoms with van der Waals surface area (Å²) in [5.41, 5.74) is 0.628. The number of hydrogen-bond donors (Lipinski definition) is 0. The van der Waals surface area contributed by atoms with Crippen molar-refractivity contribution >= 4 is 23.4 Å². The fourth-order valence-electron chi connectivity index (χ4n) is 3.10. The zero-order chi connectivity index (χ0) is 15.2. The SMILES string of the molecule is CC(C)(C)OC(=O)N1C[C@@H]2C[C@H]1CN2c1ccnc(Cl)c1.